The first-order valence-corrected chi connectivity index (χ1v) is 7.15. The lowest BCUT2D eigenvalue weighted by atomic mass is 9.99. The number of nitrogens with one attached hydrogen (secondary N) is 1. The molecule has 4 nitrogen and oxygen atoms in total. The van der Waals surface area contributed by atoms with Crippen LogP contribution in [0.15, 0.2) is 48.6 Å². The summed E-state index contributed by atoms with van der Waals surface area (Å²) in [5.41, 5.74) is -0.959. The topological polar surface area (TPSA) is 63.2 Å². The Labute approximate surface area is 125 Å². The molecule has 1 aliphatic rings. The zero-order valence-electron chi connectivity index (χ0n) is 11.0. The summed E-state index contributed by atoms with van der Waals surface area (Å²) in [6.45, 7) is 0. The Balaban J connectivity index is 2.25. The molecule has 0 bridgehead atoms. The molecular formula is C14H10F3NO3S. The van der Waals surface area contributed by atoms with E-state index in [1.165, 1.54) is 30.4 Å². The summed E-state index contributed by atoms with van der Waals surface area (Å²) in [7, 11) is -2.59. The molecule has 0 aromatic heterocycles. The fourth-order valence-corrected chi connectivity index (χ4v) is 2.48. The maximum atomic E-state index is 12.6. The van der Waals surface area contributed by atoms with Crippen LogP contribution >= 0.6 is 0 Å². The molecule has 0 radical (unpaired) electrons. The number of hydrogen-bond donors (Lipinski definition) is 1. The molecule has 1 atom stereocenters. The molecule has 1 amide bonds. The summed E-state index contributed by atoms with van der Waals surface area (Å²) >= 11 is 0. The number of carbonyl (C=O) groups is 1. The number of halogens is 3. The molecule has 1 N–H and O–H groups in total. The molecule has 1 aliphatic carbocycles. The summed E-state index contributed by atoms with van der Waals surface area (Å²) in [6, 6.07) is 4.12. The van der Waals surface area contributed by atoms with Gasteiger partial charge in [0, 0.05) is 5.69 Å². The fourth-order valence-electron chi connectivity index (χ4n) is 1.89. The molecule has 1 aromatic rings. The first-order chi connectivity index (χ1) is 10.3. The Hall–Kier alpha value is -2.35. The number of benzene rings is 1. The van der Waals surface area contributed by atoms with E-state index in [-0.39, 0.29) is 10.6 Å². The summed E-state index contributed by atoms with van der Waals surface area (Å²) < 4.78 is 59.9. The van der Waals surface area contributed by atoms with Gasteiger partial charge in [0.25, 0.3) is 0 Å². The highest BCUT2D eigenvalue weighted by Crippen LogP contribution is 2.30. The second-order valence-corrected chi connectivity index (χ2v) is 5.37. The lowest BCUT2D eigenvalue weighted by molar-refractivity contribution is -0.137. The highest BCUT2D eigenvalue weighted by molar-refractivity contribution is 7.73. The van der Waals surface area contributed by atoms with E-state index in [0.717, 1.165) is 18.2 Å². The Kier molecular flexibility index (Phi) is 4.51. The van der Waals surface area contributed by atoms with Gasteiger partial charge >= 0.3 is 6.18 Å². The van der Waals surface area contributed by atoms with Crippen LogP contribution in [0.4, 0.5) is 18.9 Å². The van der Waals surface area contributed by atoms with E-state index < -0.39 is 33.9 Å². The predicted molar refractivity (Wildman–Crippen MR) is 75.8 cm³/mol. The average molecular weight is 329 g/mol. The van der Waals surface area contributed by atoms with Crippen LogP contribution in [0.5, 0.6) is 0 Å². The lowest BCUT2D eigenvalue weighted by Crippen LogP contribution is -2.28. The molecule has 0 heterocycles. The Morgan fingerprint density at radius 2 is 1.91 bits per heavy atom. The van der Waals surface area contributed by atoms with E-state index in [1.54, 1.807) is 0 Å². The second kappa shape index (κ2) is 6.18. The number of rotatable bonds is 2. The smallest absolute Gasteiger partial charge is 0.325 e. The molecular weight excluding hydrogens is 319 g/mol. The van der Waals surface area contributed by atoms with Crippen LogP contribution in [-0.4, -0.2) is 19.2 Å². The molecule has 0 saturated heterocycles. The molecule has 0 saturated carbocycles. The largest absolute Gasteiger partial charge is 0.416 e. The van der Waals surface area contributed by atoms with Crippen LogP contribution in [0.3, 0.4) is 0 Å². The third-order valence-electron chi connectivity index (χ3n) is 2.91. The minimum absolute atomic E-state index is 0.0567. The predicted octanol–water partition coefficient (Wildman–Crippen LogP) is 2.44. The Morgan fingerprint density at radius 3 is 2.55 bits per heavy atom. The number of anilines is 1. The van der Waals surface area contributed by atoms with E-state index >= 15 is 0 Å². The molecule has 1 unspecified atom stereocenters. The van der Waals surface area contributed by atoms with Crippen molar-refractivity contribution in [3.63, 3.8) is 0 Å². The standard InChI is InChI=1S/C14H10F3NO3S/c15-14(16,17)9-4-3-5-10(8-9)18-13(19)11-6-1-2-7-12(11)22(20)21/h1-8,11H,(H,18,19). The van der Waals surface area contributed by atoms with Gasteiger partial charge in [-0.05, 0) is 24.3 Å². The number of hydrogen-bond acceptors (Lipinski definition) is 3. The molecule has 116 valence electrons. The number of alkyl halides is 3. The van der Waals surface area contributed by atoms with Gasteiger partial charge < -0.3 is 5.32 Å². The van der Waals surface area contributed by atoms with E-state index in [9.17, 15) is 26.4 Å². The average Bonchev–Trinajstić information content (AvgIpc) is 2.46. The summed E-state index contributed by atoms with van der Waals surface area (Å²) in [5, 5.41) is 2.29. The van der Waals surface area contributed by atoms with Crippen molar-refractivity contribution in [2.45, 2.75) is 6.18 Å². The maximum Gasteiger partial charge on any atom is 0.416 e. The van der Waals surface area contributed by atoms with Crippen LogP contribution in [0.25, 0.3) is 0 Å². The minimum atomic E-state index is -4.53. The third kappa shape index (κ3) is 3.64. The normalized spacial score (nSPS) is 17.4. The molecule has 2 rings (SSSR count). The van der Waals surface area contributed by atoms with E-state index in [4.69, 9.17) is 0 Å². The SMILES string of the molecule is O=C(Nc1cccc(C(F)(F)F)c1)C1C=CC=CC1=S(=O)=O. The molecule has 0 spiro atoms. The minimum Gasteiger partial charge on any atom is -0.325 e. The maximum absolute atomic E-state index is 12.6. The van der Waals surface area contributed by atoms with Crippen molar-refractivity contribution in [2.24, 2.45) is 5.92 Å². The summed E-state index contributed by atoms with van der Waals surface area (Å²) in [6.07, 6.45) is 1.04. The van der Waals surface area contributed by atoms with Crippen LogP contribution in [0, 0.1) is 5.92 Å². The van der Waals surface area contributed by atoms with Gasteiger partial charge in [-0.15, -0.1) is 0 Å². The fraction of sp³-hybridized carbons (Fsp3) is 0.143. The van der Waals surface area contributed by atoms with Gasteiger partial charge in [0.1, 0.15) is 0 Å². The van der Waals surface area contributed by atoms with Crippen molar-refractivity contribution in [2.75, 3.05) is 5.32 Å². The van der Waals surface area contributed by atoms with Crippen LogP contribution < -0.4 is 5.32 Å². The van der Waals surface area contributed by atoms with Gasteiger partial charge in [-0.1, -0.05) is 24.3 Å². The third-order valence-corrected chi connectivity index (χ3v) is 3.69. The molecule has 0 fully saturated rings. The van der Waals surface area contributed by atoms with E-state index in [1.807, 2.05) is 0 Å². The van der Waals surface area contributed by atoms with Crippen molar-refractivity contribution in [3.05, 3.63) is 54.1 Å². The zero-order valence-corrected chi connectivity index (χ0v) is 11.8. The first-order valence-electron chi connectivity index (χ1n) is 6.08. The van der Waals surface area contributed by atoms with Gasteiger partial charge in [0.05, 0.1) is 16.3 Å². The zero-order chi connectivity index (χ0) is 16.3. The number of amides is 1. The molecule has 0 aliphatic heterocycles. The molecule has 22 heavy (non-hydrogen) atoms. The summed E-state index contributed by atoms with van der Waals surface area (Å²) in [5.74, 6) is -1.79. The molecule has 8 heteroatoms. The van der Waals surface area contributed by atoms with Gasteiger partial charge in [0.2, 0.25) is 16.2 Å². The quantitative estimate of drug-likeness (QED) is 0.848. The Morgan fingerprint density at radius 1 is 1.18 bits per heavy atom. The van der Waals surface area contributed by atoms with E-state index in [0.29, 0.717) is 0 Å². The summed E-state index contributed by atoms with van der Waals surface area (Å²) in [4.78, 5) is 11.9. The van der Waals surface area contributed by atoms with Crippen LogP contribution in [0.1, 0.15) is 5.56 Å². The monoisotopic (exact) mass is 329 g/mol. The number of carbonyl (C=O) groups excluding carboxylic acids is 1. The lowest BCUT2D eigenvalue weighted by Gasteiger charge is -2.15. The van der Waals surface area contributed by atoms with Gasteiger partial charge in [-0.3, -0.25) is 4.79 Å². The van der Waals surface area contributed by atoms with Crippen molar-refractivity contribution >= 4 is 26.8 Å². The van der Waals surface area contributed by atoms with Crippen molar-refractivity contribution < 1.29 is 26.4 Å². The van der Waals surface area contributed by atoms with Crippen molar-refractivity contribution in [1.82, 2.24) is 0 Å². The second-order valence-electron chi connectivity index (χ2n) is 4.43. The highest BCUT2D eigenvalue weighted by atomic mass is 32.2. The first kappa shape index (κ1) is 16.0. The van der Waals surface area contributed by atoms with E-state index in [2.05, 4.69) is 5.32 Å². The van der Waals surface area contributed by atoms with Gasteiger partial charge in [-0.2, -0.15) is 21.6 Å². The van der Waals surface area contributed by atoms with Crippen molar-refractivity contribution in [3.8, 4) is 0 Å². The van der Waals surface area contributed by atoms with Crippen molar-refractivity contribution in [1.29, 1.82) is 0 Å². The number of allylic oxidation sites excluding steroid dienone is 3. The molecule has 1 aromatic carbocycles. The van der Waals surface area contributed by atoms with Crippen LogP contribution in [-0.2, 0) is 21.3 Å². The Bertz CT molecular complexity index is 784. The van der Waals surface area contributed by atoms with Crippen LogP contribution in [0.2, 0.25) is 0 Å². The van der Waals surface area contributed by atoms with Gasteiger partial charge in [0.15, 0.2) is 0 Å². The van der Waals surface area contributed by atoms with Gasteiger partial charge in [-0.25, -0.2) is 0 Å². The highest BCUT2D eigenvalue weighted by Gasteiger charge is 2.31.